The average molecular weight is 399 g/mol. The lowest BCUT2D eigenvalue weighted by Crippen LogP contribution is -2.31. The van der Waals surface area contributed by atoms with Gasteiger partial charge in [0.05, 0.1) is 5.69 Å². The zero-order valence-electron chi connectivity index (χ0n) is 17.7. The summed E-state index contributed by atoms with van der Waals surface area (Å²) in [5.41, 5.74) is 3.79. The Labute approximate surface area is 171 Å². The summed E-state index contributed by atoms with van der Waals surface area (Å²) in [5, 5.41) is 4.71. The van der Waals surface area contributed by atoms with Crippen LogP contribution in [0.5, 0.6) is 0 Å². The molecule has 0 N–H and O–H groups in total. The normalized spacial score (nSPS) is 15.3. The smallest absolute Gasteiger partial charge is 0.289 e. The van der Waals surface area contributed by atoms with Gasteiger partial charge in [-0.25, -0.2) is 0 Å². The second kappa shape index (κ2) is 8.05. The number of likely N-dealkylation sites (N-methyl/N-ethyl adjacent to an activating group) is 1. The summed E-state index contributed by atoms with van der Waals surface area (Å²) in [7, 11) is 1.84. The lowest BCUT2D eigenvalue weighted by Gasteiger charge is -2.16. The fraction of sp³-hybridized carbons (Fsp3) is 0.591. The average Bonchev–Trinajstić information content (AvgIpc) is 3.43. The summed E-state index contributed by atoms with van der Waals surface area (Å²) < 4.78 is 7.76. The molecule has 0 saturated carbocycles. The van der Waals surface area contributed by atoms with E-state index in [2.05, 4.69) is 6.92 Å². The number of carbonyl (C=O) groups is 2. The molecule has 1 fully saturated rings. The molecule has 2 aromatic rings. The largest absolute Gasteiger partial charge is 0.455 e. The lowest BCUT2D eigenvalue weighted by atomic mass is 9.93. The molecule has 1 aliphatic heterocycles. The van der Waals surface area contributed by atoms with Gasteiger partial charge in [-0.2, -0.15) is 5.10 Å². The molecule has 1 aliphatic carbocycles. The molecule has 0 radical (unpaired) electrons. The monoisotopic (exact) mass is 398 g/mol. The van der Waals surface area contributed by atoms with Gasteiger partial charge < -0.3 is 14.2 Å². The first-order valence-electron chi connectivity index (χ1n) is 10.7. The topological polar surface area (TPSA) is 71.6 Å². The number of rotatable bonds is 6. The van der Waals surface area contributed by atoms with Crippen molar-refractivity contribution in [2.24, 2.45) is 0 Å². The minimum Gasteiger partial charge on any atom is -0.455 e. The zero-order chi connectivity index (χ0) is 20.5. The Morgan fingerprint density at radius 3 is 2.72 bits per heavy atom. The Bertz CT molecular complexity index is 921. The summed E-state index contributed by atoms with van der Waals surface area (Å²) >= 11 is 0. The van der Waals surface area contributed by atoms with E-state index in [4.69, 9.17) is 9.52 Å². The highest BCUT2D eigenvalue weighted by Gasteiger charge is 2.32. The van der Waals surface area contributed by atoms with Crippen LogP contribution in [0.15, 0.2) is 10.6 Å². The van der Waals surface area contributed by atoms with Gasteiger partial charge in [0, 0.05) is 50.4 Å². The van der Waals surface area contributed by atoms with Crippen LogP contribution in [0.3, 0.4) is 0 Å². The van der Waals surface area contributed by atoms with Gasteiger partial charge in [-0.05, 0) is 38.2 Å². The number of likely N-dealkylation sites (tertiary alicyclic amines) is 1. The molecule has 0 atom stereocenters. The molecule has 7 heteroatoms. The highest BCUT2D eigenvalue weighted by Crippen LogP contribution is 2.38. The van der Waals surface area contributed by atoms with Crippen LogP contribution in [0.1, 0.15) is 60.0 Å². The molecule has 0 bridgehead atoms. The fourth-order valence-corrected chi connectivity index (χ4v) is 4.29. The predicted octanol–water partition coefficient (Wildman–Crippen LogP) is 3.04. The second-order valence-corrected chi connectivity index (χ2v) is 8.22. The molecule has 1 saturated heterocycles. The minimum atomic E-state index is -0.0110. The Morgan fingerprint density at radius 1 is 1.24 bits per heavy atom. The number of nitrogens with zero attached hydrogens (tertiary/aromatic N) is 4. The number of aryl methyl sites for hydroxylation is 2. The van der Waals surface area contributed by atoms with Crippen molar-refractivity contribution in [3.63, 3.8) is 0 Å². The molecule has 2 aliphatic rings. The third-order valence-electron chi connectivity index (χ3n) is 6.07. The molecule has 2 aromatic heterocycles. The van der Waals surface area contributed by atoms with Crippen molar-refractivity contribution < 1.29 is 14.0 Å². The Morgan fingerprint density at radius 2 is 2.00 bits per heavy atom. The predicted molar refractivity (Wildman–Crippen MR) is 110 cm³/mol. The molecule has 2 amide bonds. The Kier molecular flexibility index (Phi) is 5.48. The van der Waals surface area contributed by atoms with Crippen LogP contribution < -0.4 is 0 Å². The number of amides is 2. The van der Waals surface area contributed by atoms with E-state index in [1.807, 2.05) is 25.1 Å². The quantitative estimate of drug-likeness (QED) is 0.750. The maximum absolute atomic E-state index is 12.9. The summed E-state index contributed by atoms with van der Waals surface area (Å²) in [6.45, 7) is 6.67. The van der Waals surface area contributed by atoms with Crippen LogP contribution in [0.4, 0.5) is 0 Å². The summed E-state index contributed by atoms with van der Waals surface area (Å²) in [6.07, 6.45) is 7.72. The van der Waals surface area contributed by atoms with E-state index < -0.39 is 0 Å². The molecule has 3 heterocycles. The van der Waals surface area contributed by atoms with Gasteiger partial charge in [0.1, 0.15) is 12.3 Å². The third kappa shape index (κ3) is 3.70. The van der Waals surface area contributed by atoms with Gasteiger partial charge >= 0.3 is 0 Å². The molecule has 29 heavy (non-hydrogen) atoms. The third-order valence-corrected chi connectivity index (χ3v) is 6.07. The van der Waals surface area contributed by atoms with Gasteiger partial charge in [-0.3, -0.25) is 14.3 Å². The van der Waals surface area contributed by atoms with Crippen LogP contribution in [0.2, 0.25) is 0 Å². The van der Waals surface area contributed by atoms with Crippen molar-refractivity contribution in [2.45, 2.75) is 58.9 Å². The number of unbranched alkanes of at least 4 members (excludes halogenated alkanes) is 1. The maximum atomic E-state index is 12.9. The molecule has 4 rings (SSSR count). The first kappa shape index (κ1) is 19.7. The van der Waals surface area contributed by atoms with Crippen molar-refractivity contribution in [3.8, 4) is 11.3 Å². The molecular formula is C22H30N4O3. The molecule has 7 nitrogen and oxygen atoms in total. The van der Waals surface area contributed by atoms with Gasteiger partial charge in [-0.15, -0.1) is 0 Å². The summed E-state index contributed by atoms with van der Waals surface area (Å²) in [6, 6.07) is 0. The van der Waals surface area contributed by atoms with Crippen LogP contribution in [0, 0.1) is 6.92 Å². The van der Waals surface area contributed by atoms with Gasteiger partial charge in [0.2, 0.25) is 5.91 Å². The fourth-order valence-electron chi connectivity index (χ4n) is 4.29. The van der Waals surface area contributed by atoms with E-state index >= 15 is 0 Å². The standard InChI is InChI=1S/C22H30N4O3/c1-4-5-10-24(3)18(27)14-26-13-16-8-9-17-19(20(16)23-26)15(2)21(29-17)22(28)25-11-6-7-12-25/h13H,4-12,14H2,1-3H3. The van der Waals surface area contributed by atoms with Gasteiger partial charge in [0.25, 0.3) is 5.91 Å². The first-order valence-corrected chi connectivity index (χ1v) is 10.7. The number of hydrogen-bond acceptors (Lipinski definition) is 4. The number of fused-ring (bicyclic) bond motifs is 3. The van der Waals surface area contributed by atoms with E-state index in [1.165, 1.54) is 0 Å². The van der Waals surface area contributed by atoms with Gasteiger partial charge in [-0.1, -0.05) is 13.3 Å². The van der Waals surface area contributed by atoms with Crippen molar-refractivity contribution in [3.05, 3.63) is 28.8 Å². The van der Waals surface area contributed by atoms with E-state index in [1.54, 1.807) is 9.58 Å². The number of furan rings is 1. The van der Waals surface area contributed by atoms with Crippen LogP contribution in [-0.4, -0.2) is 58.1 Å². The Balaban J connectivity index is 1.57. The molecule has 0 aromatic carbocycles. The van der Waals surface area contributed by atoms with Crippen molar-refractivity contribution in [1.82, 2.24) is 19.6 Å². The van der Waals surface area contributed by atoms with E-state index in [-0.39, 0.29) is 18.4 Å². The van der Waals surface area contributed by atoms with E-state index in [0.29, 0.717) is 5.76 Å². The van der Waals surface area contributed by atoms with E-state index in [9.17, 15) is 9.59 Å². The number of hydrogen-bond donors (Lipinski definition) is 0. The highest BCUT2D eigenvalue weighted by molar-refractivity contribution is 5.95. The van der Waals surface area contributed by atoms with Crippen molar-refractivity contribution in [2.75, 3.05) is 26.7 Å². The maximum Gasteiger partial charge on any atom is 0.289 e. The second-order valence-electron chi connectivity index (χ2n) is 8.22. The molecule has 0 spiro atoms. The Hall–Kier alpha value is -2.57. The van der Waals surface area contributed by atoms with Crippen LogP contribution in [0.25, 0.3) is 11.3 Å². The van der Waals surface area contributed by atoms with Crippen molar-refractivity contribution in [1.29, 1.82) is 0 Å². The number of aromatic nitrogens is 2. The SMILES string of the molecule is CCCCN(C)C(=O)Cn1cc2c(n1)-c1c(oc(C(=O)N3CCCC3)c1C)CC2. The molecular weight excluding hydrogens is 368 g/mol. The lowest BCUT2D eigenvalue weighted by molar-refractivity contribution is -0.130. The first-order chi connectivity index (χ1) is 14.0. The van der Waals surface area contributed by atoms with Crippen LogP contribution >= 0.6 is 0 Å². The van der Waals surface area contributed by atoms with Crippen molar-refractivity contribution >= 4 is 11.8 Å². The minimum absolute atomic E-state index is 0.0110. The van der Waals surface area contributed by atoms with E-state index in [0.717, 1.165) is 86.3 Å². The summed E-state index contributed by atoms with van der Waals surface area (Å²) in [4.78, 5) is 29.0. The zero-order valence-corrected chi connectivity index (χ0v) is 17.7. The molecule has 0 unspecified atom stereocenters. The van der Waals surface area contributed by atoms with Crippen LogP contribution in [-0.2, 0) is 24.2 Å². The van der Waals surface area contributed by atoms with Gasteiger partial charge in [0.15, 0.2) is 5.76 Å². The highest BCUT2D eigenvalue weighted by atomic mass is 16.4. The summed E-state index contributed by atoms with van der Waals surface area (Å²) in [5.74, 6) is 1.35. The number of carbonyl (C=O) groups excluding carboxylic acids is 2. The molecule has 156 valence electrons.